The first-order valence-corrected chi connectivity index (χ1v) is 6.65. The molecule has 0 aliphatic heterocycles. The van der Waals surface area contributed by atoms with Crippen LogP contribution < -0.4 is 0 Å². The number of hydrogen-bond donors (Lipinski definition) is 0. The van der Waals surface area contributed by atoms with Crippen LogP contribution in [0.5, 0.6) is 0 Å². The van der Waals surface area contributed by atoms with Crippen molar-refractivity contribution in [2.75, 3.05) is 0 Å². The van der Waals surface area contributed by atoms with E-state index in [1.165, 1.54) is 5.57 Å². The molecule has 0 aromatic rings. The lowest BCUT2D eigenvalue weighted by atomic mass is 9.84. The van der Waals surface area contributed by atoms with Crippen LogP contribution in [0.25, 0.3) is 0 Å². The standard InChI is InChI=1S/C15H24O2/c1-10(2)13-7-5-11(3)14(15(17)9-13)8-6-12(4)16/h9-11,14H,5-8H2,1-4H3/t11-,14+/m0/s1. The van der Waals surface area contributed by atoms with Crippen LogP contribution in [0, 0.1) is 17.8 Å². The van der Waals surface area contributed by atoms with Gasteiger partial charge in [-0.1, -0.05) is 26.3 Å². The van der Waals surface area contributed by atoms with Gasteiger partial charge >= 0.3 is 0 Å². The fourth-order valence-electron chi connectivity index (χ4n) is 2.48. The van der Waals surface area contributed by atoms with E-state index in [4.69, 9.17) is 0 Å². The van der Waals surface area contributed by atoms with Crippen LogP contribution in [0.15, 0.2) is 11.6 Å². The second kappa shape index (κ2) is 6.13. The second-order valence-electron chi connectivity index (χ2n) is 5.64. The van der Waals surface area contributed by atoms with Gasteiger partial charge in [0.05, 0.1) is 0 Å². The monoisotopic (exact) mass is 236 g/mol. The van der Waals surface area contributed by atoms with E-state index in [9.17, 15) is 9.59 Å². The molecule has 96 valence electrons. The molecule has 0 fully saturated rings. The molecule has 2 nitrogen and oxygen atoms in total. The minimum Gasteiger partial charge on any atom is -0.300 e. The summed E-state index contributed by atoms with van der Waals surface area (Å²) < 4.78 is 0. The van der Waals surface area contributed by atoms with Crippen LogP contribution in [0.1, 0.15) is 53.4 Å². The summed E-state index contributed by atoms with van der Waals surface area (Å²) in [4.78, 5) is 23.2. The molecule has 0 amide bonds. The Morgan fingerprint density at radius 2 is 2.12 bits per heavy atom. The summed E-state index contributed by atoms with van der Waals surface area (Å²) in [7, 11) is 0. The third-order valence-electron chi connectivity index (χ3n) is 3.82. The minimum atomic E-state index is 0.0511. The highest BCUT2D eigenvalue weighted by molar-refractivity contribution is 5.93. The summed E-state index contributed by atoms with van der Waals surface area (Å²) in [6, 6.07) is 0. The second-order valence-corrected chi connectivity index (χ2v) is 5.64. The maximum atomic E-state index is 12.2. The fourth-order valence-corrected chi connectivity index (χ4v) is 2.48. The van der Waals surface area contributed by atoms with Crippen LogP contribution in [-0.2, 0) is 9.59 Å². The minimum absolute atomic E-state index is 0.0511. The molecule has 0 aromatic carbocycles. The van der Waals surface area contributed by atoms with Crippen molar-refractivity contribution in [2.45, 2.75) is 53.4 Å². The number of carbonyl (C=O) groups is 2. The Kier molecular flexibility index (Phi) is 5.10. The molecule has 17 heavy (non-hydrogen) atoms. The molecule has 0 saturated carbocycles. The molecule has 0 saturated heterocycles. The molecule has 2 atom stereocenters. The molecule has 0 aromatic heterocycles. The van der Waals surface area contributed by atoms with Crippen molar-refractivity contribution in [3.63, 3.8) is 0 Å². The van der Waals surface area contributed by atoms with Crippen molar-refractivity contribution in [2.24, 2.45) is 17.8 Å². The molecule has 0 radical (unpaired) electrons. The average Bonchev–Trinajstić information content (AvgIpc) is 2.36. The van der Waals surface area contributed by atoms with Gasteiger partial charge in [0, 0.05) is 12.3 Å². The molecule has 1 rings (SSSR count). The SMILES string of the molecule is CC(=O)CC[C@H]1C(=O)C=C(C(C)C)CC[C@@H]1C. The predicted octanol–water partition coefficient (Wildman–Crippen LogP) is 3.55. The maximum Gasteiger partial charge on any atom is 0.159 e. The van der Waals surface area contributed by atoms with Gasteiger partial charge in [0.25, 0.3) is 0 Å². The summed E-state index contributed by atoms with van der Waals surface area (Å²) >= 11 is 0. The molecule has 0 heterocycles. The van der Waals surface area contributed by atoms with E-state index in [-0.39, 0.29) is 17.5 Å². The van der Waals surface area contributed by atoms with Gasteiger partial charge in [-0.2, -0.15) is 0 Å². The van der Waals surface area contributed by atoms with Crippen molar-refractivity contribution in [1.82, 2.24) is 0 Å². The molecule has 0 spiro atoms. The van der Waals surface area contributed by atoms with Crippen LogP contribution in [0.4, 0.5) is 0 Å². The molecular weight excluding hydrogens is 212 g/mol. The lowest BCUT2D eigenvalue weighted by molar-refractivity contribution is -0.120. The number of carbonyl (C=O) groups excluding carboxylic acids is 2. The molecule has 0 bridgehead atoms. The van der Waals surface area contributed by atoms with E-state index < -0.39 is 0 Å². The van der Waals surface area contributed by atoms with Crippen LogP contribution in [0.2, 0.25) is 0 Å². The first-order chi connectivity index (χ1) is 7.91. The highest BCUT2D eigenvalue weighted by Crippen LogP contribution is 2.31. The summed E-state index contributed by atoms with van der Waals surface area (Å²) in [5, 5.41) is 0. The van der Waals surface area contributed by atoms with Gasteiger partial charge in [0.2, 0.25) is 0 Å². The first kappa shape index (κ1) is 14.1. The van der Waals surface area contributed by atoms with Crippen LogP contribution in [-0.4, -0.2) is 11.6 Å². The van der Waals surface area contributed by atoms with E-state index in [1.54, 1.807) is 6.92 Å². The van der Waals surface area contributed by atoms with Gasteiger partial charge in [0.15, 0.2) is 5.78 Å². The van der Waals surface area contributed by atoms with Crippen molar-refractivity contribution in [1.29, 1.82) is 0 Å². The Bertz CT molecular complexity index is 326. The summed E-state index contributed by atoms with van der Waals surface area (Å²) in [6.07, 6.45) is 5.20. The summed E-state index contributed by atoms with van der Waals surface area (Å²) in [5.41, 5.74) is 1.27. The number of allylic oxidation sites excluding steroid dienone is 2. The van der Waals surface area contributed by atoms with E-state index in [0.717, 1.165) is 19.3 Å². The molecule has 1 aliphatic carbocycles. The Balaban J connectivity index is 2.75. The number of Topliss-reactive ketones (excluding diaryl/α,β-unsaturated/α-hetero) is 1. The summed E-state index contributed by atoms with van der Waals surface area (Å²) in [5.74, 6) is 1.32. The van der Waals surface area contributed by atoms with Gasteiger partial charge in [-0.15, -0.1) is 0 Å². The van der Waals surface area contributed by atoms with Crippen LogP contribution >= 0.6 is 0 Å². The zero-order chi connectivity index (χ0) is 13.0. The zero-order valence-electron chi connectivity index (χ0n) is 11.5. The molecule has 1 aliphatic rings. The molecule has 0 N–H and O–H groups in total. The maximum absolute atomic E-state index is 12.2. The highest BCUT2D eigenvalue weighted by Gasteiger charge is 2.27. The smallest absolute Gasteiger partial charge is 0.159 e. The van der Waals surface area contributed by atoms with Crippen molar-refractivity contribution >= 4 is 11.6 Å². The lowest BCUT2D eigenvalue weighted by Gasteiger charge is -2.18. The Morgan fingerprint density at radius 3 is 2.65 bits per heavy atom. The molecule has 2 heteroatoms. The van der Waals surface area contributed by atoms with Crippen molar-refractivity contribution < 1.29 is 9.59 Å². The number of hydrogen-bond acceptors (Lipinski definition) is 2. The molecular formula is C15H24O2. The van der Waals surface area contributed by atoms with Gasteiger partial charge in [-0.25, -0.2) is 0 Å². The van der Waals surface area contributed by atoms with E-state index >= 15 is 0 Å². The van der Waals surface area contributed by atoms with Gasteiger partial charge in [-0.3, -0.25) is 4.79 Å². The summed E-state index contributed by atoms with van der Waals surface area (Å²) in [6.45, 7) is 8.01. The third kappa shape index (κ3) is 4.10. The Hall–Kier alpha value is -0.920. The largest absolute Gasteiger partial charge is 0.300 e. The first-order valence-electron chi connectivity index (χ1n) is 6.65. The van der Waals surface area contributed by atoms with E-state index in [0.29, 0.717) is 18.3 Å². The van der Waals surface area contributed by atoms with E-state index in [1.807, 2.05) is 6.08 Å². The Morgan fingerprint density at radius 1 is 1.47 bits per heavy atom. The zero-order valence-corrected chi connectivity index (χ0v) is 11.5. The fraction of sp³-hybridized carbons (Fsp3) is 0.733. The predicted molar refractivity (Wildman–Crippen MR) is 69.7 cm³/mol. The number of rotatable bonds is 4. The van der Waals surface area contributed by atoms with Crippen molar-refractivity contribution in [3.05, 3.63) is 11.6 Å². The van der Waals surface area contributed by atoms with Gasteiger partial charge in [0.1, 0.15) is 5.78 Å². The highest BCUT2D eigenvalue weighted by atomic mass is 16.1. The third-order valence-corrected chi connectivity index (χ3v) is 3.82. The van der Waals surface area contributed by atoms with Crippen molar-refractivity contribution in [3.8, 4) is 0 Å². The van der Waals surface area contributed by atoms with Gasteiger partial charge in [-0.05, 0) is 44.1 Å². The topological polar surface area (TPSA) is 34.1 Å². The van der Waals surface area contributed by atoms with Crippen LogP contribution in [0.3, 0.4) is 0 Å². The Labute approximate surface area is 104 Å². The van der Waals surface area contributed by atoms with Gasteiger partial charge < -0.3 is 4.79 Å². The van der Waals surface area contributed by atoms with E-state index in [2.05, 4.69) is 20.8 Å². The average molecular weight is 236 g/mol. The number of ketones is 2. The quantitative estimate of drug-likeness (QED) is 0.748. The molecule has 0 unspecified atom stereocenters. The lowest BCUT2D eigenvalue weighted by Crippen LogP contribution is -2.20. The normalized spacial score (nSPS) is 25.7.